The second kappa shape index (κ2) is 14.2. The first kappa shape index (κ1) is 37.6. The monoisotopic (exact) mass is 681 g/mol. The van der Waals surface area contributed by atoms with Crippen LogP contribution < -0.4 is 16.8 Å². The van der Waals surface area contributed by atoms with Crippen LogP contribution in [0.15, 0.2) is 21.8 Å². The maximum absolute atomic E-state index is 12.7. The van der Waals surface area contributed by atoms with Crippen molar-refractivity contribution in [3.63, 3.8) is 0 Å². The number of rotatable bonds is 7. The van der Waals surface area contributed by atoms with E-state index in [4.69, 9.17) is 17.4 Å². The van der Waals surface area contributed by atoms with Gasteiger partial charge in [0.2, 0.25) is 0 Å². The topological polar surface area (TPSA) is 190 Å². The molecule has 250 valence electrons. The van der Waals surface area contributed by atoms with E-state index in [2.05, 4.69) is 15.2 Å². The molecular weight excluding hydrogens is 647 g/mol. The molecule has 1 aliphatic rings. The number of nitrogen functional groups attached to an aromatic ring is 1. The fourth-order valence-corrected chi connectivity index (χ4v) is 5.48. The number of hydrogen-bond donors (Lipinski definition) is 2. The Morgan fingerprint density at radius 1 is 1.13 bits per heavy atom. The number of ketones is 3. The maximum atomic E-state index is 12.7. The number of benzene rings is 1. The Labute approximate surface area is 262 Å². The van der Waals surface area contributed by atoms with Crippen LogP contribution in [-0.2, 0) is 30.8 Å². The number of nitrogens with two attached hydrogens (primary N) is 1. The van der Waals surface area contributed by atoms with Gasteiger partial charge < -0.3 is 15.9 Å². The molecule has 0 spiro atoms. The summed E-state index contributed by atoms with van der Waals surface area (Å²) in [5.74, 6) is 2.30. The molecule has 2 aromatic rings. The molecule has 1 aromatic carbocycles. The number of carbonyl (C=O) groups excluding carboxylic acids is 4. The smallest absolute Gasteiger partial charge is 0.367 e. The van der Waals surface area contributed by atoms with Crippen LogP contribution in [0, 0.1) is 5.92 Å². The third kappa shape index (κ3) is 9.96. The van der Waals surface area contributed by atoms with Crippen molar-refractivity contribution in [3.8, 4) is 0 Å². The molecule has 0 aliphatic heterocycles. The lowest BCUT2D eigenvalue weighted by Crippen LogP contribution is -2.47. The van der Waals surface area contributed by atoms with Crippen molar-refractivity contribution in [2.45, 2.75) is 83.0 Å². The number of sulfone groups is 1. The predicted octanol–water partition coefficient (Wildman–Crippen LogP) is 3.18. The second-order valence-corrected chi connectivity index (χ2v) is 14.0. The van der Waals surface area contributed by atoms with Crippen LogP contribution in [0.25, 0.3) is 0 Å². The third-order valence-electron chi connectivity index (χ3n) is 6.16. The van der Waals surface area contributed by atoms with Crippen molar-refractivity contribution in [2.75, 3.05) is 18.7 Å². The van der Waals surface area contributed by atoms with Crippen molar-refractivity contribution in [2.24, 2.45) is 5.92 Å². The molecule has 1 fully saturated rings. The standard InChI is InChI=1S/C17H16ClF3O6S.C10H19N5O2/c1-28(25,26)13-6-5-9(15(18)10(13)7-27-8-17(19,20)21)16(24)14-11(22)3-2-4-12(14)23;1-6(2)7-13-15(9(17)14(7)11)8(16)12-10(3,4)5/h5-6,14H,2-4,7-8H2,1H3;6H,11H2,1-5H3,(H,12,16). The van der Waals surface area contributed by atoms with Crippen LogP contribution in [0.5, 0.6) is 0 Å². The number of ether oxygens (including phenoxy) is 1. The van der Waals surface area contributed by atoms with Crippen LogP contribution in [0.3, 0.4) is 0 Å². The Morgan fingerprint density at radius 2 is 1.69 bits per heavy atom. The van der Waals surface area contributed by atoms with Crippen LogP contribution in [0.1, 0.15) is 81.5 Å². The largest absolute Gasteiger partial charge is 0.411 e. The lowest BCUT2D eigenvalue weighted by molar-refractivity contribution is -0.176. The van der Waals surface area contributed by atoms with E-state index in [9.17, 15) is 45.6 Å². The molecule has 0 bridgehead atoms. The molecule has 45 heavy (non-hydrogen) atoms. The highest BCUT2D eigenvalue weighted by atomic mass is 35.5. The van der Waals surface area contributed by atoms with Gasteiger partial charge in [-0.1, -0.05) is 25.4 Å². The average molecular weight is 682 g/mol. The zero-order valence-electron chi connectivity index (χ0n) is 25.5. The highest BCUT2D eigenvalue weighted by molar-refractivity contribution is 7.90. The Morgan fingerprint density at radius 3 is 2.13 bits per heavy atom. The molecule has 3 rings (SSSR count). The third-order valence-corrected chi connectivity index (χ3v) is 7.77. The summed E-state index contributed by atoms with van der Waals surface area (Å²) in [5, 5.41) is 6.11. The molecule has 0 unspecified atom stereocenters. The first-order valence-electron chi connectivity index (χ1n) is 13.5. The number of alkyl halides is 3. The number of nitrogens with one attached hydrogen (secondary N) is 1. The van der Waals surface area contributed by atoms with Gasteiger partial charge in [-0.2, -0.15) is 17.8 Å². The molecule has 1 heterocycles. The molecule has 0 saturated heterocycles. The number of hydrogen-bond acceptors (Lipinski definition) is 10. The summed E-state index contributed by atoms with van der Waals surface area (Å²) < 4.78 is 67.0. The zero-order chi connectivity index (χ0) is 34.7. The van der Waals surface area contributed by atoms with Crippen molar-refractivity contribution in [3.05, 3.63) is 44.6 Å². The minimum absolute atomic E-state index is 0.0311. The molecule has 1 amide bonds. The number of amides is 1. The van der Waals surface area contributed by atoms with Crippen LogP contribution >= 0.6 is 11.6 Å². The van der Waals surface area contributed by atoms with Gasteiger partial charge in [0.05, 0.1) is 16.5 Å². The average Bonchev–Trinajstić information content (AvgIpc) is 3.17. The highest BCUT2D eigenvalue weighted by Gasteiger charge is 2.38. The summed E-state index contributed by atoms with van der Waals surface area (Å²) >= 11 is 6.11. The van der Waals surface area contributed by atoms with E-state index in [1.54, 1.807) is 0 Å². The second-order valence-electron chi connectivity index (χ2n) is 11.6. The van der Waals surface area contributed by atoms with E-state index in [0.29, 0.717) is 12.2 Å². The summed E-state index contributed by atoms with van der Waals surface area (Å²) in [5.41, 5.74) is -1.73. The van der Waals surface area contributed by atoms with Gasteiger partial charge in [-0.05, 0) is 39.3 Å². The van der Waals surface area contributed by atoms with E-state index in [0.717, 1.165) is 27.7 Å². The van der Waals surface area contributed by atoms with Gasteiger partial charge >= 0.3 is 17.9 Å². The first-order valence-corrected chi connectivity index (χ1v) is 15.8. The van der Waals surface area contributed by atoms with E-state index >= 15 is 0 Å². The van der Waals surface area contributed by atoms with Gasteiger partial charge in [0.15, 0.2) is 33.0 Å². The predicted molar refractivity (Wildman–Crippen MR) is 156 cm³/mol. The van der Waals surface area contributed by atoms with Crippen molar-refractivity contribution < 1.29 is 45.5 Å². The van der Waals surface area contributed by atoms with Crippen molar-refractivity contribution in [1.82, 2.24) is 19.8 Å². The Hall–Kier alpha value is -3.57. The van der Waals surface area contributed by atoms with Gasteiger partial charge in [-0.25, -0.2) is 18.0 Å². The lowest BCUT2D eigenvalue weighted by atomic mass is 9.81. The number of halogens is 4. The minimum atomic E-state index is -4.65. The van der Waals surface area contributed by atoms with E-state index in [1.807, 2.05) is 34.6 Å². The SMILES string of the molecule is CC(C)c1nn(C(=O)NC(C)(C)C)c(=O)n1N.CS(=O)(=O)c1ccc(C(=O)C2C(=O)CCCC2=O)c(Cl)c1COCC(F)(F)F. The quantitative estimate of drug-likeness (QED) is 0.249. The minimum Gasteiger partial charge on any atom is -0.367 e. The molecule has 1 aliphatic carbocycles. The van der Waals surface area contributed by atoms with Gasteiger partial charge in [0, 0.05) is 41.7 Å². The molecule has 18 heteroatoms. The summed E-state index contributed by atoms with van der Waals surface area (Å²) in [6.07, 6.45) is -3.40. The molecular formula is C27H35ClF3N5O8S. The van der Waals surface area contributed by atoms with Gasteiger partial charge in [0.1, 0.15) is 12.5 Å². The molecule has 13 nitrogen and oxygen atoms in total. The Kier molecular flexibility index (Phi) is 11.9. The number of nitrogens with zero attached hydrogens (tertiary/aromatic N) is 3. The number of carbonyl (C=O) groups is 4. The van der Waals surface area contributed by atoms with Crippen molar-refractivity contribution >= 4 is 44.8 Å². The molecule has 0 atom stereocenters. The zero-order valence-corrected chi connectivity index (χ0v) is 27.0. The van der Waals surface area contributed by atoms with E-state index in [1.165, 1.54) is 0 Å². The summed E-state index contributed by atoms with van der Waals surface area (Å²) in [6, 6.07) is 1.47. The van der Waals surface area contributed by atoms with Crippen LogP contribution in [-0.4, -0.2) is 70.8 Å². The van der Waals surface area contributed by atoms with E-state index < -0.39 is 79.7 Å². The Bertz CT molecular complexity index is 1630. The van der Waals surface area contributed by atoms with Crippen LogP contribution in [0.4, 0.5) is 18.0 Å². The first-order chi connectivity index (χ1) is 20.5. The summed E-state index contributed by atoms with van der Waals surface area (Å²) in [7, 11) is -3.90. The van der Waals surface area contributed by atoms with Gasteiger partial charge in [-0.3, -0.25) is 14.4 Å². The fourth-order valence-electron chi connectivity index (χ4n) is 4.19. The Balaban J connectivity index is 0.000000355. The fraction of sp³-hybridized carbons (Fsp3) is 0.556. The highest BCUT2D eigenvalue weighted by Crippen LogP contribution is 2.32. The summed E-state index contributed by atoms with van der Waals surface area (Å²) in [6.45, 7) is 6.67. The number of Topliss-reactive ketones (excluding diaryl/α,β-unsaturated/α-hetero) is 3. The normalized spacial score (nSPS) is 14.7. The van der Waals surface area contributed by atoms with Gasteiger partial charge in [0.25, 0.3) is 0 Å². The van der Waals surface area contributed by atoms with Crippen LogP contribution in [0.2, 0.25) is 5.02 Å². The molecule has 1 saturated carbocycles. The lowest BCUT2D eigenvalue weighted by Gasteiger charge is -2.20. The van der Waals surface area contributed by atoms with Crippen molar-refractivity contribution in [1.29, 1.82) is 0 Å². The molecule has 0 radical (unpaired) electrons. The number of aromatic nitrogens is 3. The molecule has 3 N–H and O–H groups in total. The molecule has 1 aromatic heterocycles. The summed E-state index contributed by atoms with van der Waals surface area (Å²) in [4.78, 5) is 59.8. The maximum Gasteiger partial charge on any atom is 0.411 e. The van der Waals surface area contributed by atoms with Gasteiger partial charge in [-0.15, -0.1) is 9.78 Å². The van der Waals surface area contributed by atoms with E-state index in [-0.39, 0.29) is 29.9 Å².